The van der Waals surface area contributed by atoms with Crippen molar-refractivity contribution in [2.75, 3.05) is 20.0 Å². The Morgan fingerprint density at radius 2 is 1.85 bits per heavy atom. The average molecular weight is 585 g/mol. The molecule has 0 spiro atoms. The van der Waals surface area contributed by atoms with Crippen LogP contribution in [0.25, 0.3) is 0 Å². The van der Waals surface area contributed by atoms with Gasteiger partial charge < -0.3 is 14.6 Å². The zero-order chi connectivity index (χ0) is 30.1. The number of rotatable bonds is 7. The number of hydrogen-bond donors (Lipinski definition) is 1. The van der Waals surface area contributed by atoms with Gasteiger partial charge in [0.25, 0.3) is 10.1 Å². The Morgan fingerprint density at radius 1 is 1.20 bits per heavy atom. The van der Waals surface area contributed by atoms with Gasteiger partial charge in [0, 0.05) is 22.7 Å². The van der Waals surface area contributed by atoms with Crippen molar-refractivity contribution in [3.8, 4) is 0 Å². The standard InChI is InChI=1S/C28H37FO10S/c1-15-11-20-19-8-7-17-12-18(30)9-10-25(17,3)27(19,29)21(31)13-26(20,4)28(15,22(32)14-38-40(6,35)36)39-24(34)16(2)23(33)37-5/h9-10,12,15-16,19-21,31H,7-8,11,13-14H2,1-6H3/t15-,16?,19-,20-,21-,25-,26-,27-,28-/m0/s1. The fraction of sp³-hybridized carbons (Fsp3) is 0.714. The maximum Gasteiger partial charge on any atom is 0.321 e. The van der Waals surface area contributed by atoms with Crippen molar-refractivity contribution >= 4 is 33.6 Å². The second-order valence-corrected chi connectivity index (χ2v) is 13.8. The highest BCUT2D eigenvalue weighted by molar-refractivity contribution is 7.86. The van der Waals surface area contributed by atoms with Gasteiger partial charge in [-0.3, -0.25) is 23.4 Å². The van der Waals surface area contributed by atoms with Gasteiger partial charge in [-0.2, -0.15) is 8.42 Å². The van der Waals surface area contributed by atoms with E-state index in [9.17, 15) is 32.7 Å². The summed E-state index contributed by atoms with van der Waals surface area (Å²) in [6.45, 7) is 5.27. The first-order valence-corrected chi connectivity index (χ1v) is 15.2. The lowest BCUT2D eigenvalue weighted by Gasteiger charge is -2.62. The molecule has 0 saturated heterocycles. The molecule has 10 nitrogen and oxygen atoms in total. The first kappa shape index (κ1) is 30.5. The molecule has 4 rings (SSSR count). The number of halogens is 1. The fourth-order valence-electron chi connectivity index (χ4n) is 8.19. The lowest BCUT2D eigenvalue weighted by Crippen LogP contribution is -2.70. The van der Waals surface area contributed by atoms with E-state index in [1.54, 1.807) is 20.8 Å². The van der Waals surface area contributed by atoms with Gasteiger partial charge in [0.2, 0.25) is 5.78 Å². The van der Waals surface area contributed by atoms with E-state index in [-0.39, 0.29) is 25.0 Å². The Labute approximate surface area is 233 Å². The van der Waals surface area contributed by atoms with Gasteiger partial charge in [-0.1, -0.05) is 25.5 Å². The van der Waals surface area contributed by atoms with Crippen LogP contribution in [0.3, 0.4) is 0 Å². The molecular weight excluding hydrogens is 547 g/mol. The Balaban J connectivity index is 1.83. The number of ketones is 2. The van der Waals surface area contributed by atoms with Crippen molar-refractivity contribution in [1.29, 1.82) is 0 Å². The lowest BCUT2D eigenvalue weighted by molar-refractivity contribution is -0.229. The molecule has 9 atom stereocenters. The number of aliphatic hydroxyl groups is 1. The number of Topliss-reactive ketones (excluding diaryl/α,β-unsaturated/α-hetero) is 1. The molecule has 0 amide bonds. The van der Waals surface area contributed by atoms with E-state index in [4.69, 9.17) is 8.92 Å². The number of hydrogen-bond acceptors (Lipinski definition) is 10. The topological polar surface area (TPSA) is 150 Å². The summed E-state index contributed by atoms with van der Waals surface area (Å²) in [5, 5.41) is 11.6. The van der Waals surface area contributed by atoms with E-state index in [0.29, 0.717) is 12.0 Å². The summed E-state index contributed by atoms with van der Waals surface area (Å²) < 4.78 is 56.4. The van der Waals surface area contributed by atoms with Gasteiger partial charge in [0.15, 0.2) is 23.0 Å². The molecule has 0 bridgehead atoms. The molecule has 0 heterocycles. The molecule has 40 heavy (non-hydrogen) atoms. The molecule has 0 aromatic rings. The van der Waals surface area contributed by atoms with Crippen molar-refractivity contribution < 1.29 is 50.7 Å². The predicted molar refractivity (Wildman–Crippen MR) is 139 cm³/mol. The third-order valence-corrected chi connectivity index (χ3v) is 10.7. The summed E-state index contributed by atoms with van der Waals surface area (Å²) in [7, 11) is -2.96. The van der Waals surface area contributed by atoms with E-state index in [0.717, 1.165) is 13.4 Å². The van der Waals surface area contributed by atoms with Gasteiger partial charge in [0.05, 0.1) is 19.5 Å². The largest absolute Gasteiger partial charge is 0.468 e. The molecule has 0 radical (unpaired) electrons. The van der Waals surface area contributed by atoms with Gasteiger partial charge in [-0.15, -0.1) is 0 Å². The number of esters is 2. The Kier molecular flexibility index (Phi) is 7.50. The minimum absolute atomic E-state index is 0.224. The van der Waals surface area contributed by atoms with Crippen molar-refractivity contribution in [3.05, 3.63) is 23.8 Å². The quantitative estimate of drug-likeness (QED) is 0.268. The Hall–Kier alpha value is -2.44. The zero-order valence-corrected chi connectivity index (χ0v) is 24.4. The molecule has 0 aromatic heterocycles. The van der Waals surface area contributed by atoms with Crippen molar-refractivity contribution in [2.24, 2.45) is 34.5 Å². The van der Waals surface area contributed by atoms with Crippen LogP contribution < -0.4 is 0 Å². The van der Waals surface area contributed by atoms with Crippen LogP contribution in [-0.4, -0.2) is 74.4 Å². The SMILES string of the molecule is COC(=O)C(C)C(=O)O[C@]1(C(=O)COS(C)(=O)=O)[C@@H](C)C[C@H]2[C@@H]3CCC4=CC(=O)C=C[C@]4(C)[C@@]3(F)[C@@H](O)C[C@@]21C. The number of aliphatic hydroxyl groups excluding tert-OH is 1. The molecule has 222 valence electrons. The summed E-state index contributed by atoms with van der Waals surface area (Å²) in [5.74, 6) is -6.57. The number of carbonyl (C=O) groups excluding carboxylic acids is 4. The minimum atomic E-state index is -4.06. The van der Waals surface area contributed by atoms with Crippen LogP contribution >= 0.6 is 0 Å². The molecule has 1 unspecified atom stereocenters. The number of fused-ring (bicyclic) bond motifs is 5. The highest BCUT2D eigenvalue weighted by atomic mass is 32.2. The smallest absolute Gasteiger partial charge is 0.321 e. The van der Waals surface area contributed by atoms with Crippen LogP contribution in [0.2, 0.25) is 0 Å². The molecule has 0 aromatic carbocycles. The summed E-state index contributed by atoms with van der Waals surface area (Å²) in [5.41, 5.74) is -6.24. The normalized spacial score (nSPS) is 41.2. The molecule has 0 aliphatic heterocycles. The number of methoxy groups -OCH3 is 1. The average Bonchev–Trinajstić information content (AvgIpc) is 3.09. The molecule has 4 aliphatic carbocycles. The first-order valence-electron chi connectivity index (χ1n) is 13.4. The van der Waals surface area contributed by atoms with Crippen LogP contribution in [0.4, 0.5) is 4.39 Å². The van der Waals surface area contributed by atoms with Gasteiger partial charge >= 0.3 is 11.9 Å². The first-order chi connectivity index (χ1) is 18.4. The summed E-state index contributed by atoms with van der Waals surface area (Å²) >= 11 is 0. The second kappa shape index (κ2) is 9.84. The summed E-state index contributed by atoms with van der Waals surface area (Å²) in [6.07, 6.45) is 3.98. The van der Waals surface area contributed by atoms with Crippen LogP contribution in [0.1, 0.15) is 53.4 Å². The van der Waals surface area contributed by atoms with E-state index in [1.807, 2.05) is 0 Å². The summed E-state index contributed by atoms with van der Waals surface area (Å²) in [4.78, 5) is 51.4. The summed E-state index contributed by atoms with van der Waals surface area (Å²) in [6, 6.07) is 0. The number of carbonyl (C=O) groups is 4. The minimum Gasteiger partial charge on any atom is -0.468 e. The van der Waals surface area contributed by atoms with Gasteiger partial charge in [-0.25, -0.2) is 4.39 Å². The molecule has 1 N–H and O–H groups in total. The van der Waals surface area contributed by atoms with Gasteiger partial charge in [-0.05, 0) is 57.6 Å². The molecule has 3 fully saturated rings. The van der Waals surface area contributed by atoms with Crippen LogP contribution in [-0.2, 0) is 43.0 Å². The fourth-order valence-corrected chi connectivity index (χ4v) is 8.51. The highest BCUT2D eigenvalue weighted by Crippen LogP contribution is 2.71. The number of alkyl halides is 1. The van der Waals surface area contributed by atoms with Gasteiger partial charge in [0.1, 0.15) is 6.61 Å². The van der Waals surface area contributed by atoms with E-state index < -0.39 is 86.3 Å². The monoisotopic (exact) mass is 584 g/mol. The predicted octanol–water partition coefficient (Wildman–Crippen LogP) is 2.24. The van der Waals surface area contributed by atoms with Crippen molar-refractivity contribution in [2.45, 2.75) is 70.8 Å². The third-order valence-electron chi connectivity index (χ3n) is 10.2. The third kappa shape index (κ3) is 4.20. The number of ether oxygens (including phenoxy) is 2. The molecular formula is C28H37FO10S. The molecule has 4 aliphatic rings. The van der Waals surface area contributed by atoms with Crippen LogP contribution in [0.15, 0.2) is 23.8 Å². The van der Waals surface area contributed by atoms with Crippen LogP contribution in [0, 0.1) is 34.5 Å². The van der Waals surface area contributed by atoms with Crippen molar-refractivity contribution in [1.82, 2.24) is 0 Å². The van der Waals surface area contributed by atoms with E-state index in [2.05, 4.69) is 4.74 Å². The van der Waals surface area contributed by atoms with Crippen LogP contribution in [0.5, 0.6) is 0 Å². The van der Waals surface area contributed by atoms with E-state index in [1.165, 1.54) is 25.2 Å². The maximum absolute atomic E-state index is 17.5. The second-order valence-electron chi connectivity index (χ2n) is 12.2. The zero-order valence-electron chi connectivity index (χ0n) is 23.6. The molecule has 12 heteroatoms. The number of allylic oxidation sites excluding steroid dienone is 4. The lowest BCUT2D eigenvalue weighted by atomic mass is 9.44. The Bertz CT molecular complexity index is 1310. The Morgan fingerprint density at radius 3 is 2.45 bits per heavy atom. The van der Waals surface area contributed by atoms with E-state index >= 15 is 4.39 Å². The van der Waals surface area contributed by atoms with Crippen molar-refractivity contribution in [3.63, 3.8) is 0 Å². The maximum atomic E-state index is 17.5. The highest BCUT2D eigenvalue weighted by Gasteiger charge is 2.77. The molecule has 3 saturated carbocycles.